The van der Waals surface area contributed by atoms with Crippen molar-refractivity contribution in [1.29, 1.82) is 0 Å². The third kappa shape index (κ3) is 2.30. The smallest absolute Gasteiger partial charge is 0.115 e. The molecule has 3 rings (SSSR count). The third-order valence-corrected chi connectivity index (χ3v) is 3.78. The van der Waals surface area contributed by atoms with Gasteiger partial charge in [0.2, 0.25) is 0 Å². The molecule has 0 N–H and O–H groups in total. The highest BCUT2D eigenvalue weighted by Gasteiger charge is 2.13. The van der Waals surface area contributed by atoms with Crippen LogP contribution in [0.3, 0.4) is 0 Å². The molecule has 0 unspecified atom stereocenters. The van der Waals surface area contributed by atoms with E-state index in [0.29, 0.717) is 17.3 Å². The number of aromatic nitrogens is 2. The number of aryl methyl sites for hydroxylation is 2. The monoisotopic (exact) mass is 304 g/mol. The third-order valence-electron chi connectivity index (χ3n) is 3.28. The number of hydrogen-bond donors (Lipinski definition) is 0. The number of halogens is 2. The fourth-order valence-corrected chi connectivity index (χ4v) is 2.80. The lowest BCUT2D eigenvalue weighted by atomic mass is 10.2. The van der Waals surface area contributed by atoms with Gasteiger partial charge in [0.05, 0.1) is 10.5 Å². The van der Waals surface area contributed by atoms with Crippen molar-refractivity contribution in [3.63, 3.8) is 0 Å². The van der Waals surface area contributed by atoms with Crippen molar-refractivity contribution in [2.75, 3.05) is 5.88 Å². The molecule has 0 saturated heterocycles. The lowest BCUT2D eigenvalue weighted by molar-refractivity contribution is 0.911. The highest BCUT2D eigenvalue weighted by Crippen LogP contribution is 2.27. The van der Waals surface area contributed by atoms with Crippen molar-refractivity contribution >= 4 is 34.2 Å². The van der Waals surface area contributed by atoms with Crippen molar-refractivity contribution in [2.45, 2.75) is 13.3 Å². The van der Waals surface area contributed by atoms with Crippen molar-refractivity contribution in [2.24, 2.45) is 0 Å². The molecule has 1 aromatic heterocycles. The van der Waals surface area contributed by atoms with Crippen LogP contribution in [0, 0.1) is 6.92 Å². The van der Waals surface area contributed by atoms with Gasteiger partial charge in [-0.05, 0) is 36.8 Å². The Morgan fingerprint density at radius 2 is 1.95 bits per heavy atom. The van der Waals surface area contributed by atoms with Crippen LogP contribution in [-0.2, 0) is 6.42 Å². The summed E-state index contributed by atoms with van der Waals surface area (Å²) in [4.78, 5) is 4.65. The van der Waals surface area contributed by atoms with Crippen molar-refractivity contribution < 1.29 is 0 Å². The van der Waals surface area contributed by atoms with Crippen LogP contribution < -0.4 is 0 Å². The predicted octanol–water partition coefficient (Wildman–Crippen LogP) is 4.77. The molecule has 2 nitrogen and oxygen atoms in total. The second-order valence-electron chi connectivity index (χ2n) is 4.75. The molecule has 0 fully saturated rings. The molecule has 0 amide bonds. The maximum Gasteiger partial charge on any atom is 0.115 e. The quantitative estimate of drug-likeness (QED) is 0.637. The highest BCUT2D eigenvalue weighted by molar-refractivity contribution is 6.35. The Bertz CT molecular complexity index is 762. The number of benzene rings is 2. The van der Waals surface area contributed by atoms with E-state index < -0.39 is 0 Å². The SMILES string of the molecule is Cc1cccc(-n2c(CCCl)nc3c(Cl)cccc32)c1. The van der Waals surface area contributed by atoms with Crippen LogP contribution in [0.1, 0.15) is 11.4 Å². The predicted molar refractivity (Wildman–Crippen MR) is 85.2 cm³/mol. The van der Waals surface area contributed by atoms with E-state index in [2.05, 4.69) is 34.7 Å². The largest absolute Gasteiger partial charge is 0.296 e. The summed E-state index contributed by atoms with van der Waals surface area (Å²) in [5.74, 6) is 1.47. The summed E-state index contributed by atoms with van der Waals surface area (Å²) >= 11 is 12.2. The first kappa shape index (κ1) is 13.5. The summed E-state index contributed by atoms with van der Waals surface area (Å²) < 4.78 is 2.14. The zero-order chi connectivity index (χ0) is 14.1. The molecule has 3 aromatic rings. The molecule has 0 spiro atoms. The van der Waals surface area contributed by atoms with Crippen molar-refractivity contribution in [3.8, 4) is 5.69 Å². The Morgan fingerprint density at radius 3 is 2.70 bits per heavy atom. The van der Waals surface area contributed by atoms with Gasteiger partial charge in [-0.15, -0.1) is 11.6 Å². The molecule has 0 saturated carbocycles. The van der Waals surface area contributed by atoms with Crippen LogP contribution in [0.2, 0.25) is 5.02 Å². The van der Waals surface area contributed by atoms with Gasteiger partial charge < -0.3 is 0 Å². The number of nitrogens with zero attached hydrogens (tertiary/aromatic N) is 2. The summed E-state index contributed by atoms with van der Waals surface area (Å²) in [6.07, 6.45) is 0.709. The number of alkyl halides is 1. The van der Waals surface area contributed by atoms with E-state index in [0.717, 1.165) is 22.5 Å². The molecule has 0 radical (unpaired) electrons. The Labute approximate surface area is 128 Å². The lowest BCUT2D eigenvalue weighted by Gasteiger charge is -2.09. The molecule has 2 aromatic carbocycles. The Balaban J connectivity index is 2.32. The summed E-state index contributed by atoms with van der Waals surface area (Å²) in [5.41, 5.74) is 4.15. The van der Waals surface area contributed by atoms with Gasteiger partial charge in [0.1, 0.15) is 11.3 Å². The number of para-hydroxylation sites is 1. The normalized spacial score (nSPS) is 11.2. The minimum Gasteiger partial charge on any atom is -0.296 e. The van der Waals surface area contributed by atoms with Gasteiger partial charge in [-0.3, -0.25) is 4.57 Å². The van der Waals surface area contributed by atoms with Gasteiger partial charge in [-0.1, -0.05) is 29.8 Å². The zero-order valence-corrected chi connectivity index (χ0v) is 12.6. The van der Waals surface area contributed by atoms with Crippen LogP contribution in [0.4, 0.5) is 0 Å². The maximum atomic E-state index is 6.25. The second kappa shape index (κ2) is 5.47. The van der Waals surface area contributed by atoms with Crippen molar-refractivity contribution in [3.05, 3.63) is 58.9 Å². The van der Waals surface area contributed by atoms with Gasteiger partial charge in [-0.25, -0.2) is 4.98 Å². The topological polar surface area (TPSA) is 17.8 Å². The lowest BCUT2D eigenvalue weighted by Crippen LogP contribution is -2.02. The fourth-order valence-electron chi connectivity index (χ4n) is 2.42. The Morgan fingerprint density at radius 1 is 1.15 bits per heavy atom. The van der Waals surface area contributed by atoms with Gasteiger partial charge >= 0.3 is 0 Å². The Kier molecular flexibility index (Phi) is 3.68. The zero-order valence-electron chi connectivity index (χ0n) is 11.1. The molecule has 1 heterocycles. The molecule has 0 aliphatic carbocycles. The Hall–Kier alpha value is -1.51. The van der Waals surface area contributed by atoms with Gasteiger partial charge in [0.15, 0.2) is 0 Å². The van der Waals surface area contributed by atoms with E-state index in [-0.39, 0.29) is 0 Å². The van der Waals surface area contributed by atoms with E-state index in [1.165, 1.54) is 5.56 Å². The van der Waals surface area contributed by atoms with E-state index in [1.54, 1.807) is 0 Å². The maximum absolute atomic E-state index is 6.25. The minimum atomic E-state index is 0.534. The minimum absolute atomic E-state index is 0.534. The van der Waals surface area contributed by atoms with E-state index in [9.17, 15) is 0 Å². The average Bonchev–Trinajstić information content (AvgIpc) is 2.79. The molecule has 102 valence electrons. The molecule has 0 aliphatic rings. The van der Waals surface area contributed by atoms with Crippen LogP contribution in [0.5, 0.6) is 0 Å². The highest BCUT2D eigenvalue weighted by atomic mass is 35.5. The van der Waals surface area contributed by atoms with Crippen molar-refractivity contribution in [1.82, 2.24) is 9.55 Å². The van der Waals surface area contributed by atoms with Gasteiger partial charge in [0.25, 0.3) is 0 Å². The second-order valence-corrected chi connectivity index (χ2v) is 5.53. The molecule has 4 heteroatoms. The molecule has 0 aliphatic heterocycles. The number of rotatable bonds is 3. The van der Waals surface area contributed by atoms with Crippen LogP contribution >= 0.6 is 23.2 Å². The fraction of sp³-hybridized carbons (Fsp3) is 0.188. The van der Waals surface area contributed by atoms with Gasteiger partial charge in [-0.2, -0.15) is 0 Å². The van der Waals surface area contributed by atoms with E-state index in [4.69, 9.17) is 23.2 Å². The standard InChI is InChI=1S/C16H14Cl2N2/c1-11-4-2-5-12(10-11)20-14-7-3-6-13(18)16(14)19-15(20)8-9-17/h2-7,10H,8-9H2,1H3. The number of hydrogen-bond acceptors (Lipinski definition) is 1. The van der Waals surface area contributed by atoms with Crippen LogP contribution in [-0.4, -0.2) is 15.4 Å². The first-order valence-corrected chi connectivity index (χ1v) is 7.41. The van der Waals surface area contributed by atoms with Gasteiger partial charge in [0, 0.05) is 18.0 Å². The average molecular weight is 305 g/mol. The van der Waals surface area contributed by atoms with Crippen LogP contribution in [0.25, 0.3) is 16.7 Å². The summed E-state index contributed by atoms with van der Waals surface area (Å²) in [6.45, 7) is 2.08. The summed E-state index contributed by atoms with van der Waals surface area (Å²) in [5, 5.41) is 0.671. The van der Waals surface area contributed by atoms with E-state index in [1.807, 2.05) is 24.3 Å². The van der Waals surface area contributed by atoms with E-state index >= 15 is 0 Å². The molecular weight excluding hydrogens is 291 g/mol. The molecule has 0 bridgehead atoms. The summed E-state index contributed by atoms with van der Waals surface area (Å²) in [7, 11) is 0. The number of imidazole rings is 1. The molecule has 0 atom stereocenters. The molecule has 20 heavy (non-hydrogen) atoms. The number of fused-ring (bicyclic) bond motifs is 1. The van der Waals surface area contributed by atoms with Crippen LogP contribution in [0.15, 0.2) is 42.5 Å². The molecular formula is C16H14Cl2N2. The first-order chi connectivity index (χ1) is 9.70. The summed E-state index contributed by atoms with van der Waals surface area (Å²) in [6, 6.07) is 14.2. The first-order valence-electron chi connectivity index (χ1n) is 6.49.